The molecule has 36 heavy (non-hydrogen) atoms. The summed E-state index contributed by atoms with van der Waals surface area (Å²) in [6, 6.07) is 10.7. The molecule has 204 valence electrons. The van der Waals surface area contributed by atoms with Crippen LogP contribution in [0, 0.1) is 0 Å². The SMILES string of the molecule is CCCCCCCCCCCCCCOn1cc[n+](CCCCCCCCCC)c1-c1ccccc1. The van der Waals surface area contributed by atoms with E-state index in [0.29, 0.717) is 0 Å². The number of aryl methyl sites for hydroxylation is 1. The van der Waals surface area contributed by atoms with Gasteiger partial charge >= 0.3 is 5.82 Å². The molecule has 0 aliphatic carbocycles. The van der Waals surface area contributed by atoms with E-state index in [1.54, 1.807) is 0 Å². The monoisotopic (exact) mass is 497 g/mol. The van der Waals surface area contributed by atoms with Crippen LogP contribution in [0.25, 0.3) is 11.4 Å². The minimum absolute atomic E-state index is 0.795. The van der Waals surface area contributed by atoms with Crippen LogP contribution in [0.15, 0.2) is 42.7 Å². The average Bonchev–Trinajstić information content (AvgIpc) is 3.31. The average molecular weight is 498 g/mol. The van der Waals surface area contributed by atoms with Crippen LogP contribution in [-0.2, 0) is 6.54 Å². The van der Waals surface area contributed by atoms with Crippen LogP contribution in [0.3, 0.4) is 0 Å². The molecule has 1 heterocycles. The normalized spacial score (nSPS) is 11.3. The van der Waals surface area contributed by atoms with Crippen molar-refractivity contribution in [2.45, 2.75) is 149 Å². The summed E-state index contributed by atoms with van der Waals surface area (Å²) in [5.41, 5.74) is 1.23. The third-order valence-electron chi connectivity index (χ3n) is 7.38. The van der Waals surface area contributed by atoms with Crippen molar-refractivity contribution >= 4 is 0 Å². The first kappa shape index (κ1) is 30.5. The highest BCUT2D eigenvalue weighted by atomic mass is 16.7. The van der Waals surface area contributed by atoms with Crippen molar-refractivity contribution in [3.63, 3.8) is 0 Å². The number of imidazole rings is 1. The molecule has 0 saturated carbocycles. The quantitative estimate of drug-likeness (QED) is 0.104. The smallest absolute Gasteiger partial charge is 0.328 e. The Hall–Kier alpha value is -1.77. The van der Waals surface area contributed by atoms with Crippen LogP contribution in [0.1, 0.15) is 142 Å². The maximum absolute atomic E-state index is 6.24. The van der Waals surface area contributed by atoms with Gasteiger partial charge in [-0.2, -0.15) is 0 Å². The Bertz CT molecular complexity index is 739. The molecule has 1 aromatic heterocycles. The summed E-state index contributed by atoms with van der Waals surface area (Å²) in [5.74, 6) is 1.18. The van der Waals surface area contributed by atoms with Gasteiger partial charge in [0.1, 0.15) is 12.8 Å². The Morgan fingerprint density at radius 2 is 1.06 bits per heavy atom. The fourth-order valence-corrected chi connectivity index (χ4v) is 5.10. The topological polar surface area (TPSA) is 18.0 Å². The van der Waals surface area contributed by atoms with Crippen LogP contribution >= 0.6 is 0 Å². The number of aromatic nitrogens is 2. The van der Waals surface area contributed by atoms with E-state index in [-0.39, 0.29) is 0 Å². The third kappa shape index (κ3) is 13.5. The predicted octanol–water partition coefficient (Wildman–Crippen LogP) is 9.71. The predicted molar refractivity (Wildman–Crippen MR) is 155 cm³/mol. The standard InChI is InChI=1S/C33H57N2O/c1-3-5-7-9-11-13-14-15-16-18-20-25-31-36-35-30-29-34(33(35)32-26-22-21-23-27-32)28-24-19-17-12-10-8-6-4-2/h21-23,26-27,29-30H,3-20,24-25,28,31H2,1-2H3/q+1. The van der Waals surface area contributed by atoms with E-state index in [4.69, 9.17) is 4.84 Å². The van der Waals surface area contributed by atoms with Crippen molar-refractivity contribution in [1.82, 2.24) is 4.73 Å². The van der Waals surface area contributed by atoms with E-state index in [1.807, 2.05) is 4.73 Å². The second kappa shape index (κ2) is 21.3. The molecule has 0 atom stereocenters. The lowest BCUT2D eigenvalue weighted by molar-refractivity contribution is -0.686. The third-order valence-corrected chi connectivity index (χ3v) is 7.38. The van der Waals surface area contributed by atoms with Crippen LogP contribution in [0.4, 0.5) is 0 Å². The Balaban J connectivity index is 1.65. The summed E-state index contributed by atoms with van der Waals surface area (Å²) in [5, 5.41) is 0. The summed E-state index contributed by atoms with van der Waals surface area (Å²) >= 11 is 0. The Labute approximate surface area is 223 Å². The van der Waals surface area contributed by atoms with Crippen LogP contribution in [-0.4, -0.2) is 11.3 Å². The van der Waals surface area contributed by atoms with E-state index in [1.165, 1.54) is 133 Å². The number of unbranched alkanes of at least 4 members (excludes halogenated alkanes) is 18. The molecule has 0 spiro atoms. The van der Waals surface area contributed by atoms with Gasteiger partial charge in [0, 0.05) is 0 Å². The summed E-state index contributed by atoms with van der Waals surface area (Å²) in [4.78, 5) is 6.24. The molecule has 3 heteroatoms. The first-order valence-corrected chi connectivity index (χ1v) is 15.7. The number of hydrogen-bond acceptors (Lipinski definition) is 1. The molecule has 0 saturated heterocycles. The zero-order valence-electron chi connectivity index (χ0n) is 23.9. The van der Waals surface area contributed by atoms with Gasteiger partial charge in [-0.25, -0.2) is 4.57 Å². The number of benzene rings is 1. The molecule has 3 nitrogen and oxygen atoms in total. The van der Waals surface area contributed by atoms with Gasteiger partial charge in [0.25, 0.3) is 0 Å². The highest BCUT2D eigenvalue weighted by Gasteiger charge is 2.20. The summed E-state index contributed by atoms with van der Waals surface area (Å²) in [6.45, 7) is 6.44. The van der Waals surface area contributed by atoms with Gasteiger partial charge in [0.05, 0.1) is 12.1 Å². The zero-order chi connectivity index (χ0) is 25.5. The highest BCUT2D eigenvalue weighted by Crippen LogP contribution is 2.16. The fraction of sp³-hybridized carbons (Fsp3) is 0.727. The maximum Gasteiger partial charge on any atom is 0.328 e. The molecule has 2 rings (SSSR count). The second-order valence-electron chi connectivity index (χ2n) is 10.7. The van der Waals surface area contributed by atoms with Gasteiger partial charge in [-0.15, -0.1) is 0 Å². The molecule has 0 radical (unpaired) electrons. The Kier molecular flexibility index (Phi) is 18.0. The van der Waals surface area contributed by atoms with Gasteiger partial charge in [0.15, 0.2) is 6.20 Å². The van der Waals surface area contributed by atoms with Gasteiger partial charge in [-0.3, -0.25) is 0 Å². The first-order valence-electron chi connectivity index (χ1n) is 15.7. The minimum atomic E-state index is 0.795. The van der Waals surface area contributed by atoms with Gasteiger partial charge in [-0.1, -0.05) is 135 Å². The van der Waals surface area contributed by atoms with E-state index in [0.717, 1.165) is 19.6 Å². The maximum atomic E-state index is 6.24. The lowest BCUT2D eigenvalue weighted by atomic mass is 10.1. The molecule has 0 N–H and O–H groups in total. The van der Waals surface area contributed by atoms with Crippen LogP contribution in [0.5, 0.6) is 0 Å². The molecule has 0 fully saturated rings. The van der Waals surface area contributed by atoms with E-state index >= 15 is 0 Å². The van der Waals surface area contributed by atoms with E-state index < -0.39 is 0 Å². The molecule has 0 aliphatic heterocycles. The molecule has 1 aromatic carbocycles. The molecule has 0 aliphatic rings. The molecule has 0 bridgehead atoms. The summed E-state index contributed by atoms with van der Waals surface area (Å²) in [6.07, 6.45) is 31.6. The van der Waals surface area contributed by atoms with Crippen molar-refractivity contribution in [1.29, 1.82) is 0 Å². The van der Waals surface area contributed by atoms with Gasteiger partial charge in [0.2, 0.25) is 0 Å². The van der Waals surface area contributed by atoms with Crippen molar-refractivity contribution in [3.8, 4) is 11.4 Å². The fourth-order valence-electron chi connectivity index (χ4n) is 5.10. The number of hydrogen-bond donors (Lipinski definition) is 0. The van der Waals surface area contributed by atoms with Crippen LogP contribution < -0.4 is 9.40 Å². The van der Waals surface area contributed by atoms with E-state index in [2.05, 4.69) is 61.1 Å². The van der Waals surface area contributed by atoms with E-state index in [9.17, 15) is 0 Å². The Morgan fingerprint density at radius 1 is 0.583 bits per heavy atom. The van der Waals surface area contributed by atoms with Gasteiger partial charge in [-0.05, 0) is 42.5 Å². The van der Waals surface area contributed by atoms with Crippen molar-refractivity contribution in [3.05, 3.63) is 42.7 Å². The van der Waals surface area contributed by atoms with Crippen molar-refractivity contribution in [2.75, 3.05) is 6.61 Å². The molecular weight excluding hydrogens is 440 g/mol. The molecular formula is C33H57N2O+. The van der Waals surface area contributed by atoms with Crippen molar-refractivity contribution < 1.29 is 9.40 Å². The lowest BCUT2D eigenvalue weighted by Crippen LogP contribution is -2.35. The summed E-state index contributed by atoms with van der Waals surface area (Å²) < 4.78 is 4.40. The molecule has 0 unspecified atom stereocenters. The van der Waals surface area contributed by atoms with Crippen molar-refractivity contribution in [2.24, 2.45) is 0 Å². The largest absolute Gasteiger partial charge is 0.335 e. The van der Waals surface area contributed by atoms with Gasteiger partial charge < -0.3 is 4.84 Å². The minimum Gasteiger partial charge on any atom is -0.335 e. The molecule has 2 aromatic rings. The zero-order valence-corrected chi connectivity index (χ0v) is 23.9. The Morgan fingerprint density at radius 3 is 1.58 bits per heavy atom. The lowest BCUT2D eigenvalue weighted by Gasteiger charge is -2.07. The highest BCUT2D eigenvalue weighted by molar-refractivity contribution is 5.51. The number of rotatable bonds is 24. The number of nitrogens with zero attached hydrogens (tertiary/aromatic N) is 2. The molecule has 0 amide bonds. The second-order valence-corrected chi connectivity index (χ2v) is 10.7. The summed E-state index contributed by atoms with van der Waals surface area (Å²) in [7, 11) is 0. The van der Waals surface area contributed by atoms with Crippen LogP contribution in [0.2, 0.25) is 0 Å². The first-order chi connectivity index (χ1) is 17.9.